The van der Waals surface area contributed by atoms with Gasteiger partial charge in [0, 0.05) is 5.56 Å². The molecule has 0 bridgehead atoms. The largest absolute Gasteiger partial charge is 0.461 e. The molecule has 1 heterocycles. The van der Waals surface area contributed by atoms with Gasteiger partial charge in [0.1, 0.15) is 0 Å². The molecule has 0 amide bonds. The highest BCUT2D eigenvalue weighted by molar-refractivity contribution is 5.88. The van der Waals surface area contributed by atoms with E-state index in [1.165, 1.54) is 6.92 Å². The Bertz CT molecular complexity index is 405. The van der Waals surface area contributed by atoms with Gasteiger partial charge in [-0.25, -0.2) is 4.79 Å². The molecule has 1 atom stereocenters. The van der Waals surface area contributed by atoms with Crippen molar-refractivity contribution in [2.75, 3.05) is 6.61 Å². The Labute approximate surface area is 97.6 Å². The Morgan fingerprint density at radius 2 is 2.18 bits per heavy atom. The van der Waals surface area contributed by atoms with Gasteiger partial charge in [-0.15, -0.1) is 0 Å². The molecule has 17 heavy (non-hydrogen) atoms. The molecule has 96 valence electrons. The lowest BCUT2D eigenvalue weighted by molar-refractivity contribution is -0.219. The summed E-state index contributed by atoms with van der Waals surface area (Å²) < 4.78 is 9.45. The highest BCUT2D eigenvalue weighted by atomic mass is 16.5. The van der Waals surface area contributed by atoms with Crippen molar-refractivity contribution in [1.29, 1.82) is 0 Å². The van der Waals surface area contributed by atoms with Crippen molar-refractivity contribution < 1.29 is 29.4 Å². The molecule has 0 fully saturated rings. The minimum absolute atomic E-state index is 0.0925. The Morgan fingerprint density at radius 3 is 2.65 bits per heavy atom. The maximum atomic E-state index is 11.4. The molecular formula is C10H15NO6. The maximum Gasteiger partial charge on any atom is 0.360 e. The number of hydrogen-bond acceptors (Lipinski definition) is 7. The van der Waals surface area contributed by atoms with Crippen LogP contribution in [0, 0.1) is 6.92 Å². The molecule has 7 nitrogen and oxygen atoms in total. The summed E-state index contributed by atoms with van der Waals surface area (Å²) >= 11 is 0. The highest BCUT2D eigenvalue weighted by Crippen LogP contribution is 2.27. The molecular weight excluding hydrogens is 230 g/mol. The molecule has 0 unspecified atom stereocenters. The second-order valence-electron chi connectivity index (χ2n) is 3.74. The molecule has 0 saturated heterocycles. The number of carbonyl (C=O) groups excluding carboxylic acids is 1. The second-order valence-corrected chi connectivity index (χ2v) is 3.74. The van der Waals surface area contributed by atoms with Gasteiger partial charge in [0.15, 0.2) is 23.3 Å². The van der Waals surface area contributed by atoms with Gasteiger partial charge in [-0.05, 0) is 20.8 Å². The first-order valence-electron chi connectivity index (χ1n) is 5.05. The zero-order valence-corrected chi connectivity index (χ0v) is 9.80. The number of hydrogen-bond donors (Lipinski definition) is 3. The number of aliphatic hydroxyl groups is 3. The van der Waals surface area contributed by atoms with Crippen molar-refractivity contribution in [2.45, 2.75) is 32.7 Å². The van der Waals surface area contributed by atoms with Crippen LogP contribution in [0.4, 0.5) is 0 Å². The van der Waals surface area contributed by atoms with E-state index < -0.39 is 17.9 Å². The topological polar surface area (TPSA) is 113 Å². The lowest BCUT2D eigenvalue weighted by atomic mass is 10.1. The zero-order chi connectivity index (χ0) is 13.2. The van der Waals surface area contributed by atoms with E-state index in [1.54, 1.807) is 6.92 Å². The molecule has 0 aliphatic rings. The third-order valence-electron chi connectivity index (χ3n) is 2.20. The van der Waals surface area contributed by atoms with Gasteiger partial charge < -0.3 is 24.6 Å². The fourth-order valence-corrected chi connectivity index (χ4v) is 1.24. The molecule has 0 saturated carbocycles. The first kappa shape index (κ1) is 13.6. The third kappa shape index (κ3) is 2.82. The number of rotatable bonds is 4. The first-order valence-corrected chi connectivity index (χ1v) is 5.05. The van der Waals surface area contributed by atoms with Gasteiger partial charge in [0.25, 0.3) is 0 Å². The summed E-state index contributed by atoms with van der Waals surface area (Å²) in [5.41, 5.74) is 0.121. The van der Waals surface area contributed by atoms with Crippen molar-refractivity contribution in [3.05, 3.63) is 17.0 Å². The van der Waals surface area contributed by atoms with Crippen molar-refractivity contribution in [3.8, 4) is 0 Å². The average Bonchev–Trinajstić information content (AvgIpc) is 2.58. The third-order valence-corrected chi connectivity index (χ3v) is 2.20. The number of aliphatic hydroxyl groups excluding tert-OH is 1. The fraction of sp³-hybridized carbons (Fsp3) is 0.600. The summed E-state index contributed by atoms with van der Waals surface area (Å²) in [6.07, 6.45) is -1.70. The van der Waals surface area contributed by atoms with Crippen LogP contribution in [0.2, 0.25) is 0 Å². The van der Waals surface area contributed by atoms with E-state index in [2.05, 4.69) is 5.16 Å². The molecule has 0 radical (unpaired) electrons. The first-order chi connectivity index (χ1) is 7.79. The van der Waals surface area contributed by atoms with E-state index in [4.69, 9.17) is 9.26 Å². The summed E-state index contributed by atoms with van der Waals surface area (Å²) in [7, 11) is 0. The normalized spacial score (nSPS) is 13.5. The number of aromatic nitrogens is 1. The van der Waals surface area contributed by atoms with E-state index in [0.29, 0.717) is 0 Å². The minimum atomic E-state index is -2.38. The Morgan fingerprint density at radius 1 is 1.59 bits per heavy atom. The highest BCUT2D eigenvalue weighted by Gasteiger charge is 2.35. The van der Waals surface area contributed by atoms with Crippen LogP contribution in [0.3, 0.4) is 0 Å². The van der Waals surface area contributed by atoms with Gasteiger partial charge in [0.05, 0.1) is 6.61 Å². The predicted octanol–water partition coefficient (Wildman–Crippen LogP) is -0.106. The van der Waals surface area contributed by atoms with Crippen molar-refractivity contribution in [3.63, 3.8) is 0 Å². The van der Waals surface area contributed by atoms with Gasteiger partial charge in [0.2, 0.25) is 0 Å². The monoisotopic (exact) mass is 245 g/mol. The SMILES string of the molecule is CCOC(=O)c1noc([C@H](O)C(C)(O)O)c1C. The van der Waals surface area contributed by atoms with Crippen LogP contribution in [0.5, 0.6) is 0 Å². The van der Waals surface area contributed by atoms with Gasteiger partial charge in [-0.2, -0.15) is 0 Å². The molecule has 3 N–H and O–H groups in total. The van der Waals surface area contributed by atoms with E-state index in [9.17, 15) is 20.1 Å². The number of esters is 1. The molecule has 0 aromatic carbocycles. The van der Waals surface area contributed by atoms with Gasteiger partial charge in [-0.1, -0.05) is 5.16 Å². The standard InChI is InChI=1S/C10H15NO6/c1-4-16-9(13)6-5(2)7(17-11-6)8(12)10(3,14)15/h8,12,14-15H,4H2,1-3H3/t8-/m0/s1. The van der Waals surface area contributed by atoms with Crippen LogP contribution in [-0.4, -0.2) is 38.8 Å². The van der Waals surface area contributed by atoms with Crippen LogP contribution in [-0.2, 0) is 4.74 Å². The molecule has 1 rings (SSSR count). The van der Waals surface area contributed by atoms with E-state index >= 15 is 0 Å². The Balaban J connectivity index is 3.03. The predicted molar refractivity (Wildman–Crippen MR) is 55.0 cm³/mol. The van der Waals surface area contributed by atoms with E-state index in [1.807, 2.05) is 0 Å². The molecule has 7 heteroatoms. The van der Waals surface area contributed by atoms with Crippen LogP contribution < -0.4 is 0 Å². The smallest absolute Gasteiger partial charge is 0.360 e. The average molecular weight is 245 g/mol. The van der Waals surface area contributed by atoms with E-state index in [0.717, 1.165) is 6.92 Å². The van der Waals surface area contributed by atoms with Crippen LogP contribution >= 0.6 is 0 Å². The molecule has 1 aromatic rings. The van der Waals surface area contributed by atoms with Gasteiger partial charge >= 0.3 is 5.97 Å². The summed E-state index contributed by atoms with van der Waals surface area (Å²) in [5.74, 6) is -3.25. The zero-order valence-electron chi connectivity index (χ0n) is 9.80. The van der Waals surface area contributed by atoms with E-state index in [-0.39, 0.29) is 23.6 Å². The van der Waals surface area contributed by atoms with Gasteiger partial charge in [-0.3, -0.25) is 0 Å². The summed E-state index contributed by atoms with van der Waals surface area (Å²) in [6, 6.07) is 0. The molecule has 0 aliphatic carbocycles. The summed E-state index contributed by atoms with van der Waals surface area (Å²) in [6.45, 7) is 4.28. The molecule has 0 spiro atoms. The van der Waals surface area contributed by atoms with Crippen molar-refractivity contribution >= 4 is 5.97 Å². The van der Waals surface area contributed by atoms with Crippen LogP contribution in [0.15, 0.2) is 4.52 Å². The Hall–Kier alpha value is -1.44. The number of nitrogens with zero attached hydrogens (tertiary/aromatic N) is 1. The fourth-order valence-electron chi connectivity index (χ4n) is 1.24. The maximum absolute atomic E-state index is 11.4. The lowest BCUT2D eigenvalue weighted by Gasteiger charge is -2.20. The molecule has 0 aliphatic heterocycles. The Kier molecular flexibility index (Phi) is 3.87. The minimum Gasteiger partial charge on any atom is -0.461 e. The molecule has 1 aromatic heterocycles. The van der Waals surface area contributed by atoms with Crippen molar-refractivity contribution in [1.82, 2.24) is 5.16 Å². The van der Waals surface area contributed by atoms with Crippen LogP contribution in [0.25, 0.3) is 0 Å². The summed E-state index contributed by atoms with van der Waals surface area (Å²) in [5, 5.41) is 31.4. The number of carbonyl (C=O) groups is 1. The number of ether oxygens (including phenoxy) is 1. The lowest BCUT2D eigenvalue weighted by Crippen LogP contribution is -2.32. The quantitative estimate of drug-likeness (QED) is 0.501. The summed E-state index contributed by atoms with van der Waals surface area (Å²) in [4.78, 5) is 11.4. The second kappa shape index (κ2) is 4.82. The van der Waals surface area contributed by atoms with Crippen LogP contribution in [0.1, 0.15) is 41.8 Å². The van der Waals surface area contributed by atoms with Crippen molar-refractivity contribution in [2.24, 2.45) is 0 Å².